The lowest BCUT2D eigenvalue weighted by molar-refractivity contribution is 0.683. The molecule has 1 unspecified atom stereocenters. The first-order valence-corrected chi connectivity index (χ1v) is 10.4. The van der Waals surface area contributed by atoms with Crippen molar-refractivity contribution in [1.82, 2.24) is 9.97 Å². The Morgan fingerprint density at radius 3 is 2.93 bits per heavy atom. The van der Waals surface area contributed by atoms with Crippen molar-refractivity contribution in [3.8, 4) is 0 Å². The second-order valence-electron chi connectivity index (χ2n) is 6.69. The van der Waals surface area contributed by atoms with Gasteiger partial charge < -0.3 is 16.0 Å². The highest BCUT2D eigenvalue weighted by molar-refractivity contribution is 7.85. The van der Waals surface area contributed by atoms with Crippen LogP contribution in [0.15, 0.2) is 47.4 Å². The minimum Gasteiger partial charge on any atom is -0.368 e. The molecule has 2 aromatic carbocycles. The summed E-state index contributed by atoms with van der Waals surface area (Å²) >= 11 is 0. The number of fused-ring (bicyclic) bond motifs is 2. The first-order valence-electron chi connectivity index (χ1n) is 9.09. The van der Waals surface area contributed by atoms with Crippen molar-refractivity contribution in [2.45, 2.75) is 18.4 Å². The van der Waals surface area contributed by atoms with Crippen LogP contribution in [0.4, 0.5) is 11.8 Å². The van der Waals surface area contributed by atoms with Crippen molar-refractivity contribution < 1.29 is 4.21 Å². The lowest BCUT2D eigenvalue weighted by Gasteiger charge is -2.22. The molecule has 3 aromatic rings. The van der Waals surface area contributed by atoms with Gasteiger partial charge in [0.2, 0.25) is 5.95 Å². The largest absolute Gasteiger partial charge is 0.368 e. The smallest absolute Gasteiger partial charge is 0.228 e. The predicted octanol–water partition coefficient (Wildman–Crippen LogP) is 2.44. The second kappa shape index (κ2) is 7.62. The minimum atomic E-state index is -0.997. The van der Waals surface area contributed by atoms with Gasteiger partial charge in [-0.1, -0.05) is 29.8 Å². The van der Waals surface area contributed by atoms with E-state index in [0.717, 1.165) is 32.7 Å². The third-order valence-electron chi connectivity index (χ3n) is 4.68. The normalized spacial score (nSPS) is 16.8. The van der Waals surface area contributed by atoms with E-state index < -0.39 is 10.8 Å². The van der Waals surface area contributed by atoms with E-state index in [4.69, 9.17) is 15.7 Å². The SMILES string of the molecule is Cc1ccc2nc(N3CCS(=O)c4ccccc4C3)nc(NCCN)c2c1. The van der Waals surface area contributed by atoms with E-state index in [-0.39, 0.29) is 0 Å². The molecule has 140 valence electrons. The Kier molecular flexibility index (Phi) is 5.05. The molecule has 0 radical (unpaired) electrons. The van der Waals surface area contributed by atoms with E-state index in [9.17, 15) is 4.21 Å². The molecule has 2 heterocycles. The average Bonchev–Trinajstić information content (AvgIpc) is 2.85. The summed E-state index contributed by atoms with van der Waals surface area (Å²) in [5.74, 6) is 2.01. The molecule has 0 bridgehead atoms. The highest BCUT2D eigenvalue weighted by atomic mass is 32.2. The van der Waals surface area contributed by atoms with Gasteiger partial charge in [0.15, 0.2) is 0 Å². The van der Waals surface area contributed by atoms with Crippen LogP contribution >= 0.6 is 0 Å². The Morgan fingerprint density at radius 2 is 2.07 bits per heavy atom. The van der Waals surface area contributed by atoms with Gasteiger partial charge in [0.05, 0.1) is 16.3 Å². The van der Waals surface area contributed by atoms with Gasteiger partial charge in [-0.25, -0.2) is 4.98 Å². The maximum Gasteiger partial charge on any atom is 0.228 e. The summed E-state index contributed by atoms with van der Waals surface area (Å²) in [7, 11) is -0.997. The van der Waals surface area contributed by atoms with Crippen molar-refractivity contribution >= 4 is 33.5 Å². The van der Waals surface area contributed by atoms with E-state index >= 15 is 0 Å². The molecule has 0 spiro atoms. The van der Waals surface area contributed by atoms with Gasteiger partial charge in [0.1, 0.15) is 5.82 Å². The van der Waals surface area contributed by atoms with Gasteiger partial charge in [0, 0.05) is 42.2 Å². The maximum absolute atomic E-state index is 12.6. The summed E-state index contributed by atoms with van der Waals surface area (Å²) in [6.07, 6.45) is 0. The van der Waals surface area contributed by atoms with Crippen molar-refractivity contribution in [3.05, 3.63) is 53.6 Å². The van der Waals surface area contributed by atoms with E-state index in [1.807, 2.05) is 30.3 Å². The number of hydrogen-bond acceptors (Lipinski definition) is 6. The number of rotatable bonds is 4. The highest BCUT2D eigenvalue weighted by Crippen LogP contribution is 2.27. The molecule has 1 aliphatic heterocycles. The average molecular weight is 382 g/mol. The van der Waals surface area contributed by atoms with Crippen LogP contribution in [0.3, 0.4) is 0 Å². The van der Waals surface area contributed by atoms with Crippen LogP contribution < -0.4 is 16.0 Å². The molecule has 6 nitrogen and oxygen atoms in total. The van der Waals surface area contributed by atoms with Crippen LogP contribution in [0.1, 0.15) is 11.1 Å². The van der Waals surface area contributed by atoms with Crippen LogP contribution in [0.25, 0.3) is 10.9 Å². The predicted molar refractivity (Wildman–Crippen MR) is 111 cm³/mol. The molecule has 1 aliphatic rings. The Labute approximate surface area is 161 Å². The third-order valence-corrected chi connectivity index (χ3v) is 6.13. The lowest BCUT2D eigenvalue weighted by atomic mass is 10.1. The topological polar surface area (TPSA) is 84.1 Å². The number of hydrogen-bond donors (Lipinski definition) is 2. The van der Waals surface area contributed by atoms with Gasteiger partial charge in [-0.2, -0.15) is 4.98 Å². The van der Waals surface area contributed by atoms with Crippen LogP contribution in [-0.2, 0) is 17.3 Å². The van der Waals surface area contributed by atoms with E-state index in [1.165, 1.54) is 0 Å². The van der Waals surface area contributed by atoms with Crippen molar-refractivity contribution in [3.63, 3.8) is 0 Å². The number of nitrogens with two attached hydrogens (primary N) is 1. The second-order valence-corrected chi connectivity index (χ2v) is 8.23. The Morgan fingerprint density at radius 1 is 1.22 bits per heavy atom. The molecular weight excluding hydrogens is 358 g/mol. The Bertz CT molecular complexity index is 1010. The summed E-state index contributed by atoms with van der Waals surface area (Å²) in [6, 6.07) is 14.1. The van der Waals surface area contributed by atoms with Gasteiger partial charge in [-0.3, -0.25) is 4.21 Å². The standard InChI is InChI=1S/C20H23N5OS/c1-14-6-7-17-16(12-14)19(22-9-8-21)24-20(23-17)25-10-11-27(26)18-5-3-2-4-15(18)13-25/h2-7,12H,8-11,13,21H2,1H3,(H,22,23,24). The zero-order valence-corrected chi connectivity index (χ0v) is 16.1. The number of aromatic nitrogens is 2. The highest BCUT2D eigenvalue weighted by Gasteiger charge is 2.21. The van der Waals surface area contributed by atoms with Crippen molar-refractivity contribution in [1.29, 1.82) is 0 Å². The zero-order chi connectivity index (χ0) is 18.8. The Balaban J connectivity index is 1.77. The number of benzene rings is 2. The van der Waals surface area contributed by atoms with Crippen LogP contribution in [0.2, 0.25) is 0 Å². The molecule has 0 aliphatic carbocycles. The summed E-state index contributed by atoms with van der Waals surface area (Å²) in [5.41, 5.74) is 8.79. The molecule has 4 rings (SSSR count). The van der Waals surface area contributed by atoms with E-state index in [2.05, 4.69) is 29.3 Å². The van der Waals surface area contributed by atoms with Crippen LogP contribution in [-0.4, -0.2) is 39.6 Å². The van der Waals surface area contributed by atoms with E-state index in [0.29, 0.717) is 37.9 Å². The summed E-state index contributed by atoms with van der Waals surface area (Å²) in [6.45, 7) is 4.53. The molecule has 0 saturated heterocycles. The summed E-state index contributed by atoms with van der Waals surface area (Å²) in [4.78, 5) is 12.6. The molecular formula is C20H23N5OS. The molecule has 0 fully saturated rings. The maximum atomic E-state index is 12.6. The molecule has 3 N–H and O–H groups in total. The quantitative estimate of drug-likeness (QED) is 0.722. The van der Waals surface area contributed by atoms with Gasteiger partial charge in [0.25, 0.3) is 0 Å². The molecule has 0 saturated carbocycles. The monoisotopic (exact) mass is 381 g/mol. The molecule has 27 heavy (non-hydrogen) atoms. The van der Waals surface area contributed by atoms with Gasteiger partial charge in [-0.05, 0) is 30.7 Å². The zero-order valence-electron chi connectivity index (χ0n) is 15.3. The first-order chi connectivity index (χ1) is 13.2. The molecule has 0 amide bonds. The number of anilines is 2. The molecule has 7 heteroatoms. The van der Waals surface area contributed by atoms with Gasteiger partial charge in [-0.15, -0.1) is 0 Å². The Hall–Kier alpha value is -2.51. The summed E-state index contributed by atoms with van der Waals surface area (Å²) in [5, 5.41) is 4.32. The molecule has 1 atom stereocenters. The van der Waals surface area contributed by atoms with E-state index in [1.54, 1.807) is 0 Å². The van der Waals surface area contributed by atoms with Crippen molar-refractivity contribution in [2.24, 2.45) is 5.73 Å². The number of nitrogens with one attached hydrogen (secondary N) is 1. The van der Waals surface area contributed by atoms with Gasteiger partial charge >= 0.3 is 0 Å². The fraction of sp³-hybridized carbons (Fsp3) is 0.300. The van der Waals surface area contributed by atoms with Crippen molar-refractivity contribution in [2.75, 3.05) is 35.6 Å². The number of nitrogens with zero attached hydrogens (tertiary/aromatic N) is 3. The molecule has 1 aromatic heterocycles. The first kappa shape index (κ1) is 17.9. The van der Waals surface area contributed by atoms with Crippen LogP contribution in [0, 0.1) is 6.92 Å². The minimum absolute atomic E-state index is 0.530. The fourth-order valence-electron chi connectivity index (χ4n) is 3.31. The number of aryl methyl sites for hydroxylation is 1. The summed E-state index contributed by atoms with van der Waals surface area (Å²) < 4.78 is 12.6. The lowest BCUT2D eigenvalue weighted by Crippen LogP contribution is -2.27. The fourth-order valence-corrected chi connectivity index (χ4v) is 4.57. The van der Waals surface area contributed by atoms with Crippen LogP contribution in [0.5, 0.6) is 0 Å². The third kappa shape index (κ3) is 3.65.